The number of nitrogens with zero attached hydrogens (tertiary/aromatic N) is 4. The maximum Gasteiger partial charge on any atom is 0.243 e. The summed E-state index contributed by atoms with van der Waals surface area (Å²) in [7, 11) is 0. The van der Waals surface area contributed by atoms with Crippen LogP contribution in [0.4, 0.5) is 5.95 Å². The molecule has 0 amide bonds. The van der Waals surface area contributed by atoms with Gasteiger partial charge in [-0.1, -0.05) is 0 Å². The monoisotopic (exact) mass is 245 g/mol. The third kappa shape index (κ3) is 2.12. The van der Waals surface area contributed by atoms with E-state index in [4.69, 9.17) is 0 Å². The number of thiazole rings is 1. The zero-order valence-electron chi connectivity index (χ0n) is 9.29. The molecule has 0 aliphatic rings. The van der Waals surface area contributed by atoms with Crippen LogP contribution in [0.1, 0.15) is 10.4 Å². The first kappa shape index (κ1) is 10.2. The van der Waals surface area contributed by atoms with E-state index in [0.717, 1.165) is 5.65 Å². The zero-order valence-corrected chi connectivity index (χ0v) is 10.1. The van der Waals surface area contributed by atoms with Gasteiger partial charge in [-0.3, -0.25) is 4.98 Å². The predicted molar refractivity (Wildman–Crippen MR) is 67.2 cm³/mol. The van der Waals surface area contributed by atoms with Crippen LogP contribution in [0.5, 0.6) is 0 Å². The van der Waals surface area contributed by atoms with Gasteiger partial charge in [-0.25, -0.2) is 4.52 Å². The van der Waals surface area contributed by atoms with Crippen LogP contribution in [0.15, 0.2) is 30.0 Å². The van der Waals surface area contributed by atoms with Crippen molar-refractivity contribution in [3.63, 3.8) is 0 Å². The van der Waals surface area contributed by atoms with Crippen molar-refractivity contribution in [2.75, 3.05) is 5.32 Å². The minimum absolute atomic E-state index is 0.643. The molecule has 0 aromatic carbocycles. The number of anilines is 1. The first-order valence-corrected chi connectivity index (χ1v) is 6.13. The lowest BCUT2D eigenvalue weighted by Crippen LogP contribution is -1.99. The predicted octanol–water partition coefficient (Wildman–Crippen LogP) is 2.11. The van der Waals surface area contributed by atoms with Gasteiger partial charge in [-0.2, -0.15) is 4.98 Å². The smallest absolute Gasteiger partial charge is 0.243 e. The Morgan fingerprint density at radius 3 is 3.24 bits per heavy atom. The van der Waals surface area contributed by atoms with Gasteiger partial charge in [0, 0.05) is 17.3 Å². The van der Waals surface area contributed by atoms with E-state index >= 15 is 0 Å². The Balaban J connectivity index is 1.81. The van der Waals surface area contributed by atoms with E-state index in [-0.39, 0.29) is 0 Å². The van der Waals surface area contributed by atoms with Crippen LogP contribution in [-0.2, 0) is 6.54 Å². The lowest BCUT2D eigenvalue weighted by Gasteiger charge is -1.96. The molecular formula is C11H11N5S. The van der Waals surface area contributed by atoms with Gasteiger partial charge in [0.1, 0.15) is 0 Å². The summed E-state index contributed by atoms with van der Waals surface area (Å²) in [5.41, 5.74) is 3.85. The Hall–Kier alpha value is -1.95. The van der Waals surface area contributed by atoms with Gasteiger partial charge in [0.25, 0.3) is 0 Å². The largest absolute Gasteiger partial charge is 0.348 e. The highest BCUT2D eigenvalue weighted by molar-refractivity contribution is 7.09. The summed E-state index contributed by atoms with van der Waals surface area (Å²) >= 11 is 1.62. The van der Waals surface area contributed by atoms with Crippen molar-refractivity contribution in [1.82, 2.24) is 19.6 Å². The van der Waals surface area contributed by atoms with E-state index in [9.17, 15) is 0 Å². The number of aromatic nitrogens is 4. The average molecular weight is 245 g/mol. The lowest BCUT2D eigenvalue weighted by atomic mass is 10.3. The molecule has 0 aliphatic heterocycles. The summed E-state index contributed by atoms with van der Waals surface area (Å²) in [5, 5.41) is 7.52. The van der Waals surface area contributed by atoms with Crippen molar-refractivity contribution in [2.45, 2.75) is 13.5 Å². The minimum Gasteiger partial charge on any atom is -0.348 e. The summed E-state index contributed by atoms with van der Waals surface area (Å²) in [5.74, 6) is 0.643. The molecule has 3 rings (SSSR count). The molecule has 3 aromatic rings. The molecule has 0 radical (unpaired) electrons. The molecule has 86 valence electrons. The Morgan fingerprint density at radius 2 is 2.41 bits per heavy atom. The average Bonchev–Trinajstić information content (AvgIpc) is 2.94. The third-order valence-electron chi connectivity index (χ3n) is 2.40. The number of aryl methyl sites for hydroxylation is 1. The van der Waals surface area contributed by atoms with Crippen molar-refractivity contribution in [1.29, 1.82) is 0 Å². The van der Waals surface area contributed by atoms with E-state index < -0.39 is 0 Å². The number of hydrogen-bond donors (Lipinski definition) is 1. The summed E-state index contributed by atoms with van der Waals surface area (Å²) < 4.78 is 1.77. The molecule has 1 N–H and O–H groups in total. The molecule has 3 heterocycles. The molecule has 0 bridgehead atoms. The van der Waals surface area contributed by atoms with E-state index in [1.54, 1.807) is 15.9 Å². The molecule has 0 spiro atoms. The van der Waals surface area contributed by atoms with Crippen molar-refractivity contribution in [2.24, 2.45) is 0 Å². The summed E-state index contributed by atoms with van der Waals surface area (Å²) in [6.45, 7) is 2.75. The van der Waals surface area contributed by atoms with Gasteiger partial charge in [-0.15, -0.1) is 16.4 Å². The number of hydrogen-bond acceptors (Lipinski definition) is 5. The van der Waals surface area contributed by atoms with Crippen LogP contribution in [0.2, 0.25) is 0 Å². The van der Waals surface area contributed by atoms with E-state index in [2.05, 4.69) is 20.4 Å². The quantitative estimate of drug-likeness (QED) is 0.767. The molecule has 0 fully saturated rings. The second-order valence-corrected chi connectivity index (χ2v) is 4.73. The van der Waals surface area contributed by atoms with Crippen LogP contribution in [-0.4, -0.2) is 19.6 Å². The first-order valence-electron chi connectivity index (χ1n) is 5.25. The number of pyridine rings is 1. The maximum absolute atomic E-state index is 4.40. The van der Waals surface area contributed by atoms with Crippen molar-refractivity contribution in [3.05, 3.63) is 40.5 Å². The van der Waals surface area contributed by atoms with E-state index in [1.807, 2.05) is 37.0 Å². The van der Waals surface area contributed by atoms with Gasteiger partial charge in [0.15, 0.2) is 5.65 Å². The Bertz CT molecular complexity index is 628. The Morgan fingerprint density at radius 1 is 1.47 bits per heavy atom. The van der Waals surface area contributed by atoms with Crippen LogP contribution < -0.4 is 5.32 Å². The van der Waals surface area contributed by atoms with Gasteiger partial charge in [-0.05, 0) is 24.6 Å². The highest BCUT2D eigenvalue weighted by Crippen LogP contribution is 2.10. The normalized spacial score (nSPS) is 10.9. The highest BCUT2D eigenvalue weighted by Gasteiger charge is 2.03. The fourth-order valence-electron chi connectivity index (χ4n) is 1.55. The molecule has 0 unspecified atom stereocenters. The van der Waals surface area contributed by atoms with Crippen molar-refractivity contribution >= 4 is 22.9 Å². The molecular weight excluding hydrogens is 234 g/mol. The highest BCUT2D eigenvalue weighted by atomic mass is 32.1. The minimum atomic E-state index is 0.643. The van der Waals surface area contributed by atoms with Gasteiger partial charge >= 0.3 is 0 Å². The fraction of sp³-hybridized carbons (Fsp3) is 0.182. The molecule has 0 aliphatic carbocycles. The van der Waals surface area contributed by atoms with Gasteiger partial charge in [0.2, 0.25) is 5.95 Å². The molecule has 6 heteroatoms. The van der Waals surface area contributed by atoms with Crippen molar-refractivity contribution in [3.8, 4) is 0 Å². The third-order valence-corrected chi connectivity index (χ3v) is 3.18. The van der Waals surface area contributed by atoms with Crippen LogP contribution in [0, 0.1) is 6.92 Å². The molecule has 3 aromatic heterocycles. The van der Waals surface area contributed by atoms with Gasteiger partial charge < -0.3 is 5.32 Å². The van der Waals surface area contributed by atoms with Gasteiger partial charge in [0.05, 0.1) is 12.1 Å². The SMILES string of the molecule is Cc1ccn2nc(NCc3cncs3)nc2c1. The second kappa shape index (κ2) is 4.14. The Labute approximate surface area is 102 Å². The summed E-state index contributed by atoms with van der Waals surface area (Å²) in [4.78, 5) is 9.59. The second-order valence-electron chi connectivity index (χ2n) is 3.76. The molecule has 0 saturated carbocycles. The Kier molecular flexibility index (Phi) is 2.49. The topological polar surface area (TPSA) is 55.1 Å². The van der Waals surface area contributed by atoms with Crippen molar-refractivity contribution < 1.29 is 0 Å². The molecule has 17 heavy (non-hydrogen) atoms. The molecule has 0 atom stereocenters. The molecule has 5 nitrogen and oxygen atoms in total. The summed E-state index contributed by atoms with van der Waals surface area (Å²) in [6.07, 6.45) is 3.76. The van der Waals surface area contributed by atoms with Crippen LogP contribution >= 0.6 is 11.3 Å². The van der Waals surface area contributed by atoms with Crippen LogP contribution in [0.3, 0.4) is 0 Å². The molecule has 0 saturated heterocycles. The maximum atomic E-state index is 4.40. The van der Waals surface area contributed by atoms with E-state index in [0.29, 0.717) is 12.5 Å². The number of nitrogens with one attached hydrogen (secondary N) is 1. The lowest BCUT2D eigenvalue weighted by molar-refractivity contribution is 0.949. The standard InChI is InChI=1S/C11H11N5S/c1-8-2-3-16-10(4-8)14-11(15-16)13-6-9-5-12-7-17-9/h2-5,7H,6H2,1H3,(H,13,15). The zero-order chi connectivity index (χ0) is 11.7. The summed E-state index contributed by atoms with van der Waals surface area (Å²) in [6, 6.07) is 4.01. The van der Waals surface area contributed by atoms with E-state index in [1.165, 1.54) is 10.4 Å². The number of fused-ring (bicyclic) bond motifs is 1. The number of rotatable bonds is 3. The first-order chi connectivity index (χ1) is 8.31. The fourth-order valence-corrected chi connectivity index (χ4v) is 2.09. The van der Waals surface area contributed by atoms with Crippen LogP contribution in [0.25, 0.3) is 5.65 Å².